The molecule has 1 fully saturated rings. The Bertz CT molecular complexity index is 1130. The molecule has 1 aliphatic rings. The van der Waals surface area contributed by atoms with E-state index in [2.05, 4.69) is 30.8 Å². The van der Waals surface area contributed by atoms with Gasteiger partial charge in [0, 0.05) is 52.4 Å². The number of hydrogen-bond donors (Lipinski definition) is 3. The fourth-order valence-electron chi connectivity index (χ4n) is 3.92. The molecule has 4 rings (SSSR count). The minimum Gasteiger partial charge on any atom is -0.489 e. The number of carbonyl (C=O) groups is 1. The number of rotatable bonds is 8. The van der Waals surface area contributed by atoms with E-state index in [-0.39, 0.29) is 17.8 Å². The minimum absolute atomic E-state index is 0.121. The highest BCUT2D eigenvalue weighted by atomic mass is 19.1. The van der Waals surface area contributed by atoms with Crippen LogP contribution in [0.2, 0.25) is 0 Å². The van der Waals surface area contributed by atoms with E-state index >= 15 is 0 Å². The van der Waals surface area contributed by atoms with Gasteiger partial charge >= 0.3 is 0 Å². The van der Waals surface area contributed by atoms with Crippen LogP contribution in [0.5, 0.6) is 5.75 Å². The number of aryl methyl sites for hydroxylation is 1. The van der Waals surface area contributed by atoms with E-state index in [1.54, 1.807) is 23.7 Å². The Labute approximate surface area is 192 Å². The molecule has 0 aliphatic carbocycles. The molecule has 0 atom stereocenters. The number of ether oxygens (including phenoxy) is 1. The molecule has 0 radical (unpaired) electrons. The van der Waals surface area contributed by atoms with E-state index < -0.39 is 0 Å². The van der Waals surface area contributed by atoms with E-state index in [1.165, 1.54) is 18.5 Å². The van der Waals surface area contributed by atoms with Crippen molar-refractivity contribution in [3.63, 3.8) is 0 Å². The van der Waals surface area contributed by atoms with Gasteiger partial charge in [0.1, 0.15) is 29.1 Å². The van der Waals surface area contributed by atoms with Gasteiger partial charge in [0.15, 0.2) is 5.82 Å². The Morgan fingerprint density at radius 2 is 2.03 bits per heavy atom. The zero-order valence-corrected chi connectivity index (χ0v) is 19.2. The molecule has 0 unspecified atom stereocenters. The largest absolute Gasteiger partial charge is 0.489 e. The molecular weight excluding hydrogens is 425 g/mol. The van der Waals surface area contributed by atoms with Crippen molar-refractivity contribution in [2.24, 2.45) is 7.05 Å². The molecule has 3 heterocycles. The second-order valence-corrected chi connectivity index (χ2v) is 8.32. The van der Waals surface area contributed by atoms with Crippen molar-refractivity contribution >= 4 is 28.4 Å². The van der Waals surface area contributed by atoms with Crippen molar-refractivity contribution in [1.82, 2.24) is 30.1 Å². The summed E-state index contributed by atoms with van der Waals surface area (Å²) in [6.07, 6.45) is 1.31. The lowest BCUT2D eigenvalue weighted by Crippen LogP contribution is -2.46. The quantitative estimate of drug-likeness (QED) is 0.480. The smallest absolute Gasteiger partial charge is 0.268 e. The van der Waals surface area contributed by atoms with Gasteiger partial charge in [0.25, 0.3) is 5.91 Å². The molecular formula is C23H30FN7O2. The maximum absolute atomic E-state index is 13.8. The first kappa shape index (κ1) is 22.9. The SMILES string of the molecule is CC(C)Oc1cc(F)ccc1Nc1ncnc2cc(C(=O)NCCN3CCNCC3)n(C)c12. The van der Waals surface area contributed by atoms with E-state index in [9.17, 15) is 9.18 Å². The Morgan fingerprint density at radius 1 is 1.24 bits per heavy atom. The average molecular weight is 456 g/mol. The summed E-state index contributed by atoms with van der Waals surface area (Å²) >= 11 is 0. The van der Waals surface area contributed by atoms with Crippen LogP contribution >= 0.6 is 0 Å². The summed E-state index contributed by atoms with van der Waals surface area (Å²) in [5.41, 5.74) is 2.38. The number of hydrogen-bond acceptors (Lipinski definition) is 7. The van der Waals surface area contributed by atoms with Crippen LogP contribution in [-0.4, -0.2) is 70.7 Å². The molecule has 1 amide bonds. The van der Waals surface area contributed by atoms with Crippen LogP contribution in [-0.2, 0) is 7.05 Å². The Hall–Kier alpha value is -3.24. The van der Waals surface area contributed by atoms with Crippen molar-refractivity contribution in [1.29, 1.82) is 0 Å². The highest BCUT2D eigenvalue weighted by Gasteiger charge is 2.19. The second kappa shape index (κ2) is 10.1. The molecule has 1 saturated heterocycles. The number of anilines is 2. The zero-order chi connectivity index (χ0) is 23.4. The van der Waals surface area contributed by atoms with Gasteiger partial charge in [-0.3, -0.25) is 9.69 Å². The van der Waals surface area contributed by atoms with Gasteiger partial charge in [-0.2, -0.15) is 0 Å². The number of aromatic nitrogens is 3. The van der Waals surface area contributed by atoms with Crippen molar-refractivity contribution in [3.05, 3.63) is 42.1 Å². The lowest BCUT2D eigenvalue weighted by molar-refractivity contribution is 0.0939. The monoisotopic (exact) mass is 455 g/mol. The standard InChI is InChI=1S/C23H30FN7O2/c1-15(2)33-20-12-16(24)4-5-17(20)29-22-21-18(27-14-28-22)13-19(30(21)3)23(32)26-8-11-31-9-6-25-7-10-31/h4-5,12-15,25H,6-11H2,1-3H3,(H,26,32)(H,27,28,29). The van der Waals surface area contributed by atoms with Crippen molar-refractivity contribution in [2.75, 3.05) is 44.6 Å². The van der Waals surface area contributed by atoms with Crippen molar-refractivity contribution in [3.8, 4) is 5.75 Å². The first-order chi connectivity index (χ1) is 15.9. The number of amides is 1. The normalized spacial score (nSPS) is 14.6. The third-order valence-corrected chi connectivity index (χ3v) is 5.54. The predicted molar refractivity (Wildman–Crippen MR) is 126 cm³/mol. The molecule has 10 heteroatoms. The second-order valence-electron chi connectivity index (χ2n) is 8.32. The number of fused-ring (bicyclic) bond motifs is 1. The molecule has 9 nitrogen and oxygen atoms in total. The summed E-state index contributed by atoms with van der Waals surface area (Å²) in [5.74, 6) is 0.337. The molecule has 0 spiro atoms. The first-order valence-electron chi connectivity index (χ1n) is 11.2. The van der Waals surface area contributed by atoms with Crippen LogP contribution in [0.1, 0.15) is 24.3 Å². The highest BCUT2D eigenvalue weighted by molar-refractivity contribution is 6.00. The number of piperazine rings is 1. The summed E-state index contributed by atoms with van der Waals surface area (Å²) in [5, 5.41) is 9.54. The van der Waals surface area contributed by atoms with E-state index in [1.807, 2.05) is 13.8 Å². The minimum atomic E-state index is -0.386. The first-order valence-corrected chi connectivity index (χ1v) is 11.2. The maximum Gasteiger partial charge on any atom is 0.268 e. The Morgan fingerprint density at radius 3 is 2.79 bits per heavy atom. The van der Waals surface area contributed by atoms with Crippen molar-refractivity contribution in [2.45, 2.75) is 20.0 Å². The van der Waals surface area contributed by atoms with Gasteiger partial charge in [0.05, 0.1) is 17.3 Å². The lowest BCUT2D eigenvalue weighted by atomic mass is 10.2. The van der Waals surface area contributed by atoms with Gasteiger partial charge in [-0.05, 0) is 32.0 Å². The lowest BCUT2D eigenvalue weighted by Gasteiger charge is -2.27. The summed E-state index contributed by atoms with van der Waals surface area (Å²) < 4.78 is 21.3. The molecule has 2 aromatic heterocycles. The van der Waals surface area contributed by atoms with E-state index in [0.717, 1.165) is 32.7 Å². The van der Waals surface area contributed by atoms with Crippen LogP contribution in [0.15, 0.2) is 30.6 Å². The maximum atomic E-state index is 13.8. The van der Waals surface area contributed by atoms with Gasteiger partial charge in [-0.15, -0.1) is 0 Å². The Balaban J connectivity index is 1.54. The number of nitrogens with zero attached hydrogens (tertiary/aromatic N) is 4. The molecule has 3 aromatic rings. The Kier molecular flexibility index (Phi) is 7.05. The number of carbonyl (C=O) groups excluding carboxylic acids is 1. The van der Waals surface area contributed by atoms with Crippen LogP contribution in [0.25, 0.3) is 11.0 Å². The predicted octanol–water partition coefficient (Wildman–Crippen LogP) is 2.27. The average Bonchev–Trinajstić information content (AvgIpc) is 3.13. The molecule has 0 bridgehead atoms. The summed E-state index contributed by atoms with van der Waals surface area (Å²) in [7, 11) is 1.80. The fraction of sp³-hybridized carbons (Fsp3) is 0.435. The molecule has 0 saturated carbocycles. The number of nitrogens with one attached hydrogen (secondary N) is 3. The number of halogens is 1. The molecule has 1 aromatic carbocycles. The van der Waals surface area contributed by atoms with E-state index in [0.29, 0.717) is 40.5 Å². The van der Waals surface area contributed by atoms with Gasteiger partial charge in [-0.25, -0.2) is 14.4 Å². The third-order valence-electron chi connectivity index (χ3n) is 5.54. The molecule has 3 N–H and O–H groups in total. The van der Waals surface area contributed by atoms with Crippen LogP contribution < -0.4 is 20.7 Å². The summed E-state index contributed by atoms with van der Waals surface area (Å²) in [6, 6.07) is 6.05. The van der Waals surface area contributed by atoms with Gasteiger partial charge < -0.3 is 25.3 Å². The molecule has 176 valence electrons. The van der Waals surface area contributed by atoms with Crippen molar-refractivity contribution < 1.29 is 13.9 Å². The zero-order valence-electron chi connectivity index (χ0n) is 19.2. The molecule has 1 aliphatic heterocycles. The number of benzene rings is 1. The van der Waals surface area contributed by atoms with Gasteiger partial charge in [-0.1, -0.05) is 0 Å². The third kappa shape index (κ3) is 5.40. The topological polar surface area (TPSA) is 96.3 Å². The van der Waals surface area contributed by atoms with Crippen LogP contribution in [0.4, 0.5) is 15.9 Å². The van der Waals surface area contributed by atoms with E-state index in [4.69, 9.17) is 4.74 Å². The van der Waals surface area contributed by atoms with Crippen LogP contribution in [0.3, 0.4) is 0 Å². The highest BCUT2D eigenvalue weighted by Crippen LogP contribution is 2.32. The van der Waals surface area contributed by atoms with Gasteiger partial charge in [0.2, 0.25) is 0 Å². The summed E-state index contributed by atoms with van der Waals surface area (Å²) in [4.78, 5) is 23.9. The van der Waals surface area contributed by atoms with Crippen LogP contribution in [0, 0.1) is 5.82 Å². The summed E-state index contributed by atoms with van der Waals surface area (Å²) in [6.45, 7) is 9.06. The molecule has 33 heavy (non-hydrogen) atoms. The fourth-order valence-corrected chi connectivity index (χ4v) is 3.92.